The highest BCUT2D eigenvalue weighted by Gasteiger charge is 2.33. The quantitative estimate of drug-likeness (QED) is 0.459. The van der Waals surface area contributed by atoms with Crippen LogP contribution in [0, 0.1) is 6.57 Å². The van der Waals surface area contributed by atoms with Crippen molar-refractivity contribution in [3.8, 4) is 0 Å². The van der Waals surface area contributed by atoms with E-state index in [1.807, 2.05) is 0 Å². The van der Waals surface area contributed by atoms with E-state index in [4.69, 9.17) is 6.57 Å². The molecule has 0 amide bonds. The third-order valence-corrected chi connectivity index (χ3v) is 2.33. The lowest BCUT2D eigenvalue weighted by Crippen LogP contribution is -2.38. The van der Waals surface area contributed by atoms with Gasteiger partial charge >= 0.3 is 0 Å². The zero-order valence-corrected chi connectivity index (χ0v) is 6.72. The maximum Gasteiger partial charge on any atom is 0.232 e. The molecule has 2 heteroatoms. The fourth-order valence-corrected chi connectivity index (χ4v) is 1.21. The summed E-state index contributed by atoms with van der Waals surface area (Å²) in [5, 5.41) is 0. The Morgan fingerprint density at radius 1 is 1.40 bits per heavy atom. The van der Waals surface area contributed by atoms with Crippen LogP contribution in [0.5, 0.6) is 0 Å². The Kier molecular flexibility index (Phi) is 1.96. The first-order valence-electron chi connectivity index (χ1n) is 3.73. The summed E-state index contributed by atoms with van der Waals surface area (Å²) in [4.78, 5) is 5.92. The van der Waals surface area contributed by atoms with Crippen molar-refractivity contribution in [2.45, 2.75) is 25.3 Å². The summed E-state index contributed by atoms with van der Waals surface area (Å²) in [5.74, 6) is 0. The Morgan fingerprint density at radius 3 is 2.30 bits per heavy atom. The minimum absolute atomic E-state index is 0.0491. The molecular weight excluding hydrogens is 124 g/mol. The van der Waals surface area contributed by atoms with Gasteiger partial charge in [-0.1, -0.05) is 0 Å². The van der Waals surface area contributed by atoms with Gasteiger partial charge in [-0.05, 0) is 7.05 Å². The van der Waals surface area contributed by atoms with E-state index in [1.54, 1.807) is 0 Å². The molecule has 1 aliphatic rings. The SMILES string of the molecule is [C-]#[N+]C1(C)CCN(C)CC1. The summed E-state index contributed by atoms with van der Waals surface area (Å²) in [6.07, 6.45) is 2.07. The highest BCUT2D eigenvalue weighted by molar-refractivity contribution is 4.97. The van der Waals surface area contributed by atoms with Crippen LogP contribution >= 0.6 is 0 Å². The van der Waals surface area contributed by atoms with Crippen LogP contribution < -0.4 is 0 Å². The standard InChI is InChI=1S/C8H14N2/c1-8(9-2)4-6-10(3)7-5-8/h4-7H2,1,3H3. The second-order valence-electron chi connectivity index (χ2n) is 3.41. The second kappa shape index (κ2) is 2.59. The molecule has 0 aromatic carbocycles. The molecule has 0 aromatic rings. The fourth-order valence-electron chi connectivity index (χ4n) is 1.21. The maximum absolute atomic E-state index is 6.97. The van der Waals surface area contributed by atoms with Gasteiger partial charge in [0.1, 0.15) is 0 Å². The van der Waals surface area contributed by atoms with Gasteiger partial charge in [0, 0.05) is 32.9 Å². The predicted molar refractivity (Wildman–Crippen MR) is 41.7 cm³/mol. The number of likely N-dealkylation sites (tertiary alicyclic amines) is 1. The Labute approximate surface area is 62.7 Å². The van der Waals surface area contributed by atoms with Gasteiger partial charge in [0.05, 0.1) is 0 Å². The monoisotopic (exact) mass is 138 g/mol. The summed E-state index contributed by atoms with van der Waals surface area (Å²) in [7, 11) is 2.11. The molecule has 0 aromatic heterocycles. The van der Waals surface area contributed by atoms with Crippen LogP contribution in [0.4, 0.5) is 0 Å². The highest BCUT2D eigenvalue weighted by Crippen LogP contribution is 2.24. The molecule has 0 unspecified atom stereocenters. The molecule has 1 rings (SSSR count). The van der Waals surface area contributed by atoms with Crippen molar-refractivity contribution in [3.05, 3.63) is 11.4 Å². The minimum atomic E-state index is -0.0491. The van der Waals surface area contributed by atoms with Crippen molar-refractivity contribution in [2.75, 3.05) is 20.1 Å². The van der Waals surface area contributed by atoms with Crippen molar-refractivity contribution >= 4 is 0 Å². The molecule has 0 bridgehead atoms. The molecule has 1 aliphatic heterocycles. The number of hydrogen-bond acceptors (Lipinski definition) is 1. The van der Waals surface area contributed by atoms with Crippen molar-refractivity contribution in [2.24, 2.45) is 0 Å². The summed E-state index contributed by atoms with van der Waals surface area (Å²) in [5.41, 5.74) is -0.0491. The van der Waals surface area contributed by atoms with E-state index in [-0.39, 0.29) is 5.54 Å². The highest BCUT2D eigenvalue weighted by atomic mass is 15.1. The van der Waals surface area contributed by atoms with Gasteiger partial charge in [0.15, 0.2) is 0 Å². The van der Waals surface area contributed by atoms with Crippen molar-refractivity contribution in [3.63, 3.8) is 0 Å². The summed E-state index contributed by atoms with van der Waals surface area (Å²) < 4.78 is 0. The average molecular weight is 138 g/mol. The van der Waals surface area contributed by atoms with Gasteiger partial charge in [0.2, 0.25) is 5.54 Å². The van der Waals surface area contributed by atoms with Gasteiger partial charge in [-0.25, -0.2) is 6.57 Å². The smallest absolute Gasteiger partial charge is 0.232 e. The molecule has 2 nitrogen and oxygen atoms in total. The first-order valence-corrected chi connectivity index (χ1v) is 3.73. The third-order valence-electron chi connectivity index (χ3n) is 2.33. The van der Waals surface area contributed by atoms with Crippen LogP contribution in [0.1, 0.15) is 19.8 Å². The Bertz CT molecular complexity index is 149. The van der Waals surface area contributed by atoms with Gasteiger partial charge in [-0.2, -0.15) is 0 Å². The number of piperidine rings is 1. The summed E-state index contributed by atoms with van der Waals surface area (Å²) in [6, 6.07) is 0. The lowest BCUT2D eigenvalue weighted by molar-refractivity contribution is 0.226. The van der Waals surface area contributed by atoms with Crippen molar-refractivity contribution < 1.29 is 0 Å². The van der Waals surface area contributed by atoms with E-state index in [0.717, 1.165) is 25.9 Å². The third kappa shape index (κ3) is 1.48. The van der Waals surface area contributed by atoms with Crippen LogP contribution in [0.25, 0.3) is 4.85 Å². The lowest BCUT2D eigenvalue weighted by Gasteiger charge is -2.28. The molecule has 0 spiro atoms. The van der Waals surface area contributed by atoms with E-state index in [1.165, 1.54) is 0 Å². The normalized spacial score (nSPS) is 25.7. The van der Waals surface area contributed by atoms with E-state index >= 15 is 0 Å². The summed E-state index contributed by atoms with van der Waals surface area (Å²) >= 11 is 0. The van der Waals surface area contributed by atoms with Crippen LogP contribution in [0.15, 0.2) is 0 Å². The van der Waals surface area contributed by atoms with Crippen LogP contribution in [-0.2, 0) is 0 Å². The van der Waals surface area contributed by atoms with E-state index in [9.17, 15) is 0 Å². The summed E-state index contributed by atoms with van der Waals surface area (Å²) in [6.45, 7) is 11.2. The van der Waals surface area contributed by atoms with Crippen molar-refractivity contribution in [1.82, 2.24) is 4.90 Å². The zero-order chi connectivity index (χ0) is 7.61. The topological polar surface area (TPSA) is 7.60 Å². The molecule has 1 saturated heterocycles. The minimum Gasteiger partial charge on any atom is -0.311 e. The van der Waals surface area contributed by atoms with Crippen molar-refractivity contribution in [1.29, 1.82) is 0 Å². The average Bonchev–Trinajstić information content (AvgIpc) is 1.96. The molecule has 0 radical (unpaired) electrons. The van der Waals surface area contributed by atoms with E-state index in [0.29, 0.717) is 0 Å². The number of hydrogen-bond donors (Lipinski definition) is 0. The fraction of sp³-hybridized carbons (Fsp3) is 0.875. The Balaban J connectivity index is 2.48. The molecule has 56 valence electrons. The van der Waals surface area contributed by atoms with Crippen LogP contribution in [0.3, 0.4) is 0 Å². The molecule has 0 N–H and O–H groups in total. The first-order chi connectivity index (χ1) is 4.66. The second-order valence-corrected chi connectivity index (χ2v) is 3.41. The predicted octanol–water partition coefficient (Wildman–Crippen LogP) is 1.39. The zero-order valence-electron chi connectivity index (χ0n) is 6.72. The maximum atomic E-state index is 6.97. The molecule has 0 atom stereocenters. The Morgan fingerprint density at radius 2 is 1.90 bits per heavy atom. The first kappa shape index (κ1) is 7.56. The van der Waals surface area contributed by atoms with Gasteiger partial charge in [-0.15, -0.1) is 0 Å². The molecule has 1 fully saturated rings. The number of nitrogens with zero attached hydrogens (tertiary/aromatic N) is 2. The van der Waals surface area contributed by atoms with E-state index < -0.39 is 0 Å². The lowest BCUT2D eigenvalue weighted by atomic mass is 9.91. The molecule has 10 heavy (non-hydrogen) atoms. The van der Waals surface area contributed by atoms with Gasteiger partial charge in [0.25, 0.3) is 0 Å². The van der Waals surface area contributed by atoms with Gasteiger partial charge < -0.3 is 9.74 Å². The molecular formula is C8H14N2. The van der Waals surface area contributed by atoms with Crippen LogP contribution in [-0.4, -0.2) is 30.6 Å². The Hall–Kier alpha value is -0.550. The largest absolute Gasteiger partial charge is 0.311 e. The molecule has 1 heterocycles. The van der Waals surface area contributed by atoms with Crippen LogP contribution in [0.2, 0.25) is 0 Å². The number of rotatable bonds is 0. The van der Waals surface area contributed by atoms with E-state index in [2.05, 4.69) is 23.7 Å². The molecule has 0 saturated carbocycles. The molecule has 0 aliphatic carbocycles. The van der Waals surface area contributed by atoms with Gasteiger partial charge in [-0.3, -0.25) is 0 Å².